The predicted molar refractivity (Wildman–Crippen MR) is 87.8 cm³/mol. The number of aryl methyl sites for hydroxylation is 1. The van der Waals surface area contributed by atoms with Gasteiger partial charge >= 0.3 is 0 Å². The van der Waals surface area contributed by atoms with Crippen LogP contribution in [0.25, 0.3) is 0 Å². The van der Waals surface area contributed by atoms with E-state index in [9.17, 15) is 0 Å². The first-order chi connectivity index (χ1) is 9.27. The van der Waals surface area contributed by atoms with Gasteiger partial charge in [0.25, 0.3) is 0 Å². The van der Waals surface area contributed by atoms with E-state index in [0.29, 0.717) is 21.8 Å². The second kappa shape index (κ2) is 6.11. The lowest BCUT2D eigenvalue weighted by atomic mass is 9.71. The Morgan fingerprint density at radius 1 is 1.15 bits per heavy atom. The van der Waals surface area contributed by atoms with Gasteiger partial charge in [-0.1, -0.05) is 44.0 Å². The summed E-state index contributed by atoms with van der Waals surface area (Å²) in [7, 11) is 0. The average Bonchev–Trinajstić information content (AvgIpc) is 2.33. The number of nitrogens with one attached hydrogen (secondary N) is 1. The highest BCUT2D eigenvalue weighted by Crippen LogP contribution is 2.39. The van der Waals surface area contributed by atoms with E-state index in [0.717, 1.165) is 17.2 Å². The molecule has 0 atom stereocenters. The van der Waals surface area contributed by atoms with Crippen LogP contribution in [-0.2, 0) is 0 Å². The smallest absolute Gasteiger partial charge is 0.154 e. The van der Waals surface area contributed by atoms with E-state index in [4.69, 9.17) is 23.2 Å². The number of hydrogen-bond donors (Lipinski definition) is 1. The average molecular weight is 315 g/mol. The van der Waals surface area contributed by atoms with Gasteiger partial charge in [0.1, 0.15) is 5.15 Å². The van der Waals surface area contributed by atoms with E-state index in [2.05, 4.69) is 31.1 Å². The van der Waals surface area contributed by atoms with Gasteiger partial charge in [-0.2, -0.15) is 0 Å². The van der Waals surface area contributed by atoms with E-state index in [1.165, 1.54) is 25.7 Å². The Balaban J connectivity index is 2.00. The van der Waals surface area contributed by atoms with Crippen LogP contribution in [-0.4, -0.2) is 11.0 Å². The molecule has 0 radical (unpaired) electrons. The molecule has 1 aromatic rings. The Kier molecular flexibility index (Phi) is 4.86. The van der Waals surface area contributed by atoms with Crippen LogP contribution in [0.1, 0.15) is 52.0 Å². The van der Waals surface area contributed by atoms with Crippen molar-refractivity contribution >= 4 is 28.9 Å². The Bertz CT molecular complexity index is 449. The zero-order valence-corrected chi connectivity index (χ0v) is 14.3. The Labute approximate surface area is 132 Å². The van der Waals surface area contributed by atoms with Gasteiger partial charge in [-0.05, 0) is 55.6 Å². The number of rotatable bonds is 2. The number of anilines is 1. The van der Waals surface area contributed by atoms with Gasteiger partial charge in [0, 0.05) is 6.04 Å². The number of hydrogen-bond acceptors (Lipinski definition) is 2. The molecule has 4 heteroatoms. The molecule has 1 aliphatic carbocycles. The Morgan fingerprint density at radius 3 is 2.25 bits per heavy atom. The van der Waals surface area contributed by atoms with Crippen LogP contribution < -0.4 is 5.32 Å². The van der Waals surface area contributed by atoms with Crippen molar-refractivity contribution in [2.45, 2.75) is 59.4 Å². The highest BCUT2D eigenvalue weighted by molar-refractivity contribution is 6.34. The zero-order valence-electron chi connectivity index (χ0n) is 12.8. The fourth-order valence-corrected chi connectivity index (χ4v) is 3.66. The van der Waals surface area contributed by atoms with Gasteiger partial charge in [0.05, 0.1) is 5.69 Å². The summed E-state index contributed by atoms with van der Waals surface area (Å²) in [5.41, 5.74) is 2.42. The number of aromatic nitrogens is 1. The summed E-state index contributed by atoms with van der Waals surface area (Å²) in [6, 6.07) is 2.35. The standard InChI is InChI=1S/C16H24Cl2N2/c1-10-9-13(17)20-15(18)14(10)19-12-7-5-11(6-8-12)16(2,3)4/h9,11-12,19H,5-8H2,1-4H3. The molecular weight excluding hydrogens is 291 g/mol. The molecule has 0 spiro atoms. The summed E-state index contributed by atoms with van der Waals surface area (Å²) < 4.78 is 0. The normalized spacial score (nSPS) is 23.7. The maximum Gasteiger partial charge on any atom is 0.154 e. The van der Waals surface area contributed by atoms with Crippen LogP contribution in [0, 0.1) is 18.3 Å². The molecule has 0 saturated heterocycles. The third-order valence-electron chi connectivity index (χ3n) is 4.44. The van der Waals surface area contributed by atoms with Crippen LogP contribution in [0.4, 0.5) is 5.69 Å². The molecule has 0 aliphatic heterocycles. The van der Waals surface area contributed by atoms with E-state index < -0.39 is 0 Å². The minimum atomic E-state index is 0.417. The second-order valence-electron chi connectivity index (χ2n) is 6.99. The fourth-order valence-electron chi connectivity index (χ4n) is 3.08. The third kappa shape index (κ3) is 3.79. The van der Waals surface area contributed by atoms with Crippen LogP contribution in [0.3, 0.4) is 0 Å². The maximum absolute atomic E-state index is 6.20. The van der Waals surface area contributed by atoms with E-state index in [-0.39, 0.29) is 0 Å². The first-order valence-electron chi connectivity index (χ1n) is 7.36. The molecule has 1 N–H and O–H groups in total. The highest BCUT2D eigenvalue weighted by Gasteiger charge is 2.30. The summed E-state index contributed by atoms with van der Waals surface area (Å²) in [4.78, 5) is 4.12. The van der Waals surface area contributed by atoms with Crippen molar-refractivity contribution in [1.29, 1.82) is 0 Å². The lowest BCUT2D eigenvalue weighted by Gasteiger charge is -2.37. The quantitative estimate of drug-likeness (QED) is 0.707. The van der Waals surface area contributed by atoms with Crippen LogP contribution in [0.5, 0.6) is 0 Å². The largest absolute Gasteiger partial charge is 0.380 e. The second-order valence-corrected chi connectivity index (χ2v) is 7.73. The first kappa shape index (κ1) is 15.9. The molecule has 1 heterocycles. The van der Waals surface area contributed by atoms with Crippen LogP contribution in [0.2, 0.25) is 10.3 Å². The minimum absolute atomic E-state index is 0.417. The van der Waals surface area contributed by atoms with Crippen molar-refractivity contribution in [3.05, 3.63) is 21.9 Å². The van der Waals surface area contributed by atoms with Crippen molar-refractivity contribution in [1.82, 2.24) is 4.98 Å². The molecule has 2 rings (SSSR count). The topological polar surface area (TPSA) is 24.9 Å². The summed E-state index contributed by atoms with van der Waals surface area (Å²) in [6.45, 7) is 9.04. The summed E-state index contributed by atoms with van der Waals surface area (Å²) >= 11 is 12.1. The van der Waals surface area contributed by atoms with Gasteiger partial charge in [0.15, 0.2) is 5.15 Å². The Morgan fingerprint density at radius 2 is 1.75 bits per heavy atom. The van der Waals surface area contributed by atoms with Gasteiger partial charge in [0.2, 0.25) is 0 Å². The monoisotopic (exact) mass is 314 g/mol. The number of halogens is 2. The SMILES string of the molecule is Cc1cc(Cl)nc(Cl)c1NC1CCC(C(C)(C)C)CC1. The van der Waals surface area contributed by atoms with Crippen molar-refractivity contribution < 1.29 is 0 Å². The summed E-state index contributed by atoms with van der Waals surface area (Å²) in [6.07, 6.45) is 4.94. The molecule has 0 bridgehead atoms. The summed E-state index contributed by atoms with van der Waals surface area (Å²) in [5.74, 6) is 0.820. The van der Waals surface area contributed by atoms with Gasteiger partial charge in [-0.25, -0.2) is 4.98 Å². The lowest BCUT2D eigenvalue weighted by molar-refractivity contribution is 0.173. The van der Waals surface area contributed by atoms with E-state index >= 15 is 0 Å². The molecule has 0 unspecified atom stereocenters. The molecule has 112 valence electrons. The first-order valence-corrected chi connectivity index (χ1v) is 8.12. The predicted octanol–water partition coefficient (Wildman–Crippen LogP) is 5.71. The molecule has 20 heavy (non-hydrogen) atoms. The number of nitrogens with zero attached hydrogens (tertiary/aromatic N) is 1. The maximum atomic E-state index is 6.20. The molecule has 1 aromatic heterocycles. The minimum Gasteiger partial charge on any atom is -0.380 e. The molecular formula is C16H24Cl2N2. The van der Waals surface area contributed by atoms with Crippen molar-refractivity contribution in [2.24, 2.45) is 11.3 Å². The highest BCUT2D eigenvalue weighted by atomic mass is 35.5. The molecule has 2 nitrogen and oxygen atoms in total. The molecule has 1 fully saturated rings. The van der Waals surface area contributed by atoms with Gasteiger partial charge in [-0.15, -0.1) is 0 Å². The van der Waals surface area contributed by atoms with Crippen molar-refractivity contribution in [2.75, 3.05) is 5.32 Å². The fraction of sp³-hybridized carbons (Fsp3) is 0.688. The van der Waals surface area contributed by atoms with E-state index in [1.807, 2.05) is 13.0 Å². The van der Waals surface area contributed by atoms with Crippen LogP contribution >= 0.6 is 23.2 Å². The van der Waals surface area contributed by atoms with Crippen molar-refractivity contribution in [3.63, 3.8) is 0 Å². The molecule has 0 amide bonds. The third-order valence-corrected chi connectivity index (χ3v) is 4.91. The summed E-state index contributed by atoms with van der Waals surface area (Å²) in [5, 5.41) is 4.50. The molecule has 1 saturated carbocycles. The molecule has 1 aliphatic rings. The van der Waals surface area contributed by atoms with Gasteiger partial charge < -0.3 is 5.32 Å². The number of pyridine rings is 1. The lowest BCUT2D eigenvalue weighted by Crippen LogP contribution is -2.31. The van der Waals surface area contributed by atoms with Gasteiger partial charge in [-0.3, -0.25) is 0 Å². The zero-order chi connectivity index (χ0) is 14.9. The molecule has 0 aromatic carbocycles. The van der Waals surface area contributed by atoms with Crippen molar-refractivity contribution in [3.8, 4) is 0 Å². The Hall–Kier alpha value is -0.470. The van der Waals surface area contributed by atoms with E-state index in [1.54, 1.807) is 0 Å². The van der Waals surface area contributed by atoms with Crippen LogP contribution in [0.15, 0.2) is 6.07 Å².